The van der Waals surface area contributed by atoms with Gasteiger partial charge < -0.3 is 15.2 Å². The van der Waals surface area contributed by atoms with Gasteiger partial charge in [0.25, 0.3) is 0 Å². The number of benzene rings is 2. The minimum Gasteiger partial charge on any atom is -0.859 e. The van der Waals surface area contributed by atoms with Crippen LogP contribution in [0.4, 0.5) is 5.69 Å². The van der Waals surface area contributed by atoms with Crippen LogP contribution in [0.5, 0.6) is 0 Å². The van der Waals surface area contributed by atoms with E-state index in [9.17, 15) is 15.0 Å². The smallest absolute Gasteiger partial charge is 0.859 e. The van der Waals surface area contributed by atoms with E-state index in [-0.39, 0.29) is 35.3 Å². The number of fused-ring (bicyclic) bond motifs is 1. The standard InChI is InChI=1S/C18H12Cl2N2O3.Na/c19-10-8-13(20)16-12(17(18(24)25)22-14(16)9-10)6-7-15(23)21-11-4-2-1-3-5-11;/h1-9,22H,(H,21,23)(H,24,25);/q;+1/p-1/b7-6+;. The van der Waals surface area contributed by atoms with Crippen LogP contribution in [-0.4, -0.2) is 22.0 Å². The second-order valence-electron chi connectivity index (χ2n) is 5.15. The predicted octanol–water partition coefficient (Wildman–Crippen LogP) is 1.28. The number of aromatic amines is 1. The van der Waals surface area contributed by atoms with Gasteiger partial charge in [0.1, 0.15) is 5.69 Å². The van der Waals surface area contributed by atoms with Crippen molar-refractivity contribution in [3.05, 3.63) is 69.8 Å². The Bertz CT molecular complexity index is 1010. The number of aliphatic imine (C=N–C) groups is 1. The van der Waals surface area contributed by atoms with Gasteiger partial charge in [0.15, 0.2) is 0 Å². The van der Waals surface area contributed by atoms with Gasteiger partial charge in [-0.25, -0.2) is 4.79 Å². The summed E-state index contributed by atoms with van der Waals surface area (Å²) in [5.41, 5.74) is 1.20. The van der Waals surface area contributed by atoms with E-state index in [1.54, 1.807) is 30.3 Å². The Morgan fingerprint density at radius 1 is 1.19 bits per heavy atom. The van der Waals surface area contributed by atoms with Gasteiger partial charge in [-0.3, -0.25) is 4.99 Å². The molecule has 2 aromatic carbocycles. The van der Waals surface area contributed by atoms with Gasteiger partial charge in [-0.05, 0) is 30.2 Å². The van der Waals surface area contributed by atoms with Gasteiger partial charge in [0, 0.05) is 21.5 Å². The number of nitrogens with zero attached hydrogens (tertiary/aromatic N) is 1. The molecule has 1 aromatic heterocycles. The Labute approximate surface area is 181 Å². The van der Waals surface area contributed by atoms with Gasteiger partial charge in [-0.15, -0.1) is 0 Å². The van der Waals surface area contributed by atoms with Crippen LogP contribution >= 0.6 is 23.2 Å². The summed E-state index contributed by atoms with van der Waals surface area (Å²) in [6, 6.07) is 11.8. The Balaban J connectivity index is 0.00000243. The number of halogens is 2. The van der Waals surface area contributed by atoms with E-state index in [1.807, 2.05) is 6.07 Å². The summed E-state index contributed by atoms with van der Waals surface area (Å²) in [5, 5.41) is 22.5. The summed E-state index contributed by atoms with van der Waals surface area (Å²) in [4.78, 5) is 18.1. The quantitative estimate of drug-likeness (QED) is 0.395. The fourth-order valence-electron chi connectivity index (χ4n) is 2.43. The molecule has 8 heteroatoms. The number of nitrogens with one attached hydrogen (secondary N) is 1. The van der Waals surface area contributed by atoms with Crippen molar-refractivity contribution in [3.8, 4) is 0 Å². The normalized spacial score (nSPS) is 11.7. The SMILES string of the molecule is O=C(O)c1[nH]c2cc(Cl)cc(Cl)c2c1/C=C/C([O-])=N/c1ccccc1.[Na+]. The fraction of sp³-hybridized carbons (Fsp3) is 0. The van der Waals surface area contributed by atoms with Gasteiger partial charge in [-0.1, -0.05) is 53.6 Å². The van der Waals surface area contributed by atoms with Crippen LogP contribution in [-0.2, 0) is 0 Å². The third kappa shape index (κ3) is 4.50. The molecule has 0 saturated heterocycles. The van der Waals surface area contributed by atoms with Crippen LogP contribution < -0.4 is 34.7 Å². The Hall–Kier alpha value is -1.76. The molecule has 5 nitrogen and oxygen atoms in total. The summed E-state index contributed by atoms with van der Waals surface area (Å²) < 4.78 is 0. The number of H-pyrrole nitrogens is 1. The van der Waals surface area contributed by atoms with Crippen molar-refractivity contribution in [1.82, 2.24) is 4.98 Å². The average molecular weight is 397 g/mol. The Kier molecular flexibility index (Phi) is 6.92. The molecule has 26 heavy (non-hydrogen) atoms. The number of hydrogen-bond donors (Lipinski definition) is 2. The van der Waals surface area contributed by atoms with E-state index < -0.39 is 11.9 Å². The second kappa shape index (κ2) is 8.75. The topological polar surface area (TPSA) is 88.5 Å². The first-order valence-corrected chi connectivity index (χ1v) is 7.94. The monoisotopic (exact) mass is 396 g/mol. The van der Waals surface area contributed by atoms with Crippen molar-refractivity contribution in [1.29, 1.82) is 0 Å². The van der Waals surface area contributed by atoms with Crippen LogP contribution in [0, 0.1) is 0 Å². The summed E-state index contributed by atoms with van der Waals surface area (Å²) in [6.07, 6.45) is 2.59. The summed E-state index contributed by atoms with van der Waals surface area (Å²) >= 11 is 12.1. The molecule has 0 saturated carbocycles. The zero-order valence-electron chi connectivity index (χ0n) is 13.7. The number of hydrogen-bond acceptors (Lipinski definition) is 3. The Morgan fingerprint density at radius 2 is 1.88 bits per heavy atom. The van der Waals surface area contributed by atoms with Crippen molar-refractivity contribution in [2.75, 3.05) is 0 Å². The van der Waals surface area contributed by atoms with E-state index in [4.69, 9.17) is 23.2 Å². The zero-order chi connectivity index (χ0) is 18.0. The first-order chi connectivity index (χ1) is 12.0. The van der Waals surface area contributed by atoms with Crippen molar-refractivity contribution in [2.24, 2.45) is 4.99 Å². The molecule has 0 aliphatic rings. The number of aromatic nitrogens is 1. The number of carbonyl (C=O) groups is 1. The van der Waals surface area contributed by atoms with Gasteiger partial charge in [0.2, 0.25) is 0 Å². The van der Waals surface area contributed by atoms with Crippen molar-refractivity contribution >= 4 is 57.7 Å². The third-order valence-corrected chi connectivity index (χ3v) is 3.97. The van der Waals surface area contributed by atoms with E-state index in [0.717, 1.165) is 0 Å². The molecule has 3 rings (SSSR count). The maximum absolute atomic E-state index is 12.0. The number of carboxylic acid groups (broad SMARTS) is 1. The summed E-state index contributed by atoms with van der Waals surface area (Å²) in [6.45, 7) is 0. The average Bonchev–Trinajstić information content (AvgIpc) is 2.93. The molecule has 126 valence electrons. The number of aromatic carboxylic acids is 1. The molecule has 0 aliphatic carbocycles. The molecule has 0 fully saturated rings. The van der Waals surface area contributed by atoms with Crippen molar-refractivity contribution in [2.45, 2.75) is 0 Å². The fourth-order valence-corrected chi connectivity index (χ4v) is 3.03. The molecule has 0 aliphatic heterocycles. The minimum atomic E-state index is -1.17. The molecular weight excluding hydrogens is 386 g/mol. The van der Waals surface area contributed by atoms with Crippen LogP contribution in [0.25, 0.3) is 17.0 Å². The summed E-state index contributed by atoms with van der Waals surface area (Å²) in [5.74, 6) is -1.68. The molecule has 0 unspecified atom stereocenters. The first-order valence-electron chi connectivity index (χ1n) is 7.18. The maximum atomic E-state index is 12.0. The number of para-hydroxylation sites is 1. The third-order valence-electron chi connectivity index (χ3n) is 3.46. The minimum absolute atomic E-state index is 0. The number of rotatable bonds is 4. The van der Waals surface area contributed by atoms with Crippen LogP contribution in [0.15, 0.2) is 53.5 Å². The summed E-state index contributed by atoms with van der Waals surface area (Å²) in [7, 11) is 0. The zero-order valence-corrected chi connectivity index (χ0v) is 17.2. The molecule has 0 radical (unpaired) electrons. The van der Waals surface area contributed by atoms with E-state index in [2.05, 4.69) is 9.98 Å². The van der Waals surface area contributed by atoms with Crippen LogP contribution in [0.1, 0.15) is 16.1 Å². The van der Waals surface area contributed by atoms with E-state index >= 15 is 0 Å². The van der Waals surface area contributed by atoms with E-state index in [0.29, 0.717) is 32.2 Å². The van der Waals surface area contributed by atoms with Crippen LogP contribution in [0.2, 0.25) is 10.0 Å². The molecule has 1 heterocycles. The Morgan fingerprint density at radius 3 is 2.54 bits per heavy atom. The van der Waals surface area contributed by atoms with Gasteiger partial charge in [-0.2, -0.15) is 0 Å². The molecule has 2 N–H and O–H groups in total. The van der Waals surface area contributed by atoms with Crippen molar-refractivity contribution in [3.63, 3.8) is 0 Å². The molecule has 0 atom stereocenters. The van der Waals surface area contributed by atoms with Gasteiger partial charge >= 0.3 is 35.5 Å². The molecule has 0 amide bonds. The first kappa shape index (κ1) is 20.6. The molecule has 3 aromatic rings. The van der Waals surface area contributed by atoms with Crippen molar-refractivity contribution < 1.29 is 44.6 Å². The maximum Gasteiger partial charge on any atom is 1.00 e. The molecular formula is C18H11Cl2N2NaO3. The number of carboxylic acids is 1. The van der Waals surface area contributed by atoms with E-state index in [1.165, 1.54) is 18.2 Å². The molecule has 0 bridgehead atoms. The van der Waals surface area contributed by atoms with Gasteiger partial charge in [0.05, 0.1) is 10.7 Å². The second-order valence-corrected chi connectivity index (χ2v) is 5.99. The largest absolute Gasteiger partial charge is 1.00 e. The van der Waals surface area contributed by atoms with Crippen LogP contribution in [0.3, 0.4) is 0 Å². The predicted molar refractivity (Wildman–Crippen MR) is 97.8 cm³/mol. The molecule has 0 spiro atoms.